The Labute approximate surface area is 194 Å². The first-order valence-electron chi connectivity index (χ1n) is 11.9. The smallest absolute Gasteiger partial charge is 0.0657 e. The largest absolute Gasteiger partial charge is 0.377 e. The van der Waals surface area contributed by atoms with E-state index in [0.717, 1.165) is 11.4 Å². The van der Waals surface area contributed by atoms with Crippen LogP contribution in [-0.4, -0.2) is 4.98 Å². The molecule has 0 bridgehead atoms. The predicted molar refractivity (Wildman–Crippen MR) is 139 cm³/mol. The zero-order valence-electron chi connectivity index (χ0n) is 21.0. The van der Waals surface area contributed by atoms with E-state index in [4.69, 9.17) is 4.98 Å². The second-order valence-corrected chi connectivity index (χ2v) is 9.61. The molecule has 0 saturated carbocycles. The third kappa shape index (κ3) is 5.32. The van der Waals surface area contributed by atoms with Crippen molar-refractivity contribution in [3.63, 3.8) is 0 Å². The quantitative estimate of drug-likeness (QED) is 0.378. The molecular formula is C29H39N3. The Bertz CT molecular complexity index is 1010. The molecule has 1 heterocycles. The number of anilines is 2. The molecule has 0 saturated heterocycles. The summed E-state index contributed by atoms with van der Waals surface area (Å²) in [6.45, 7) is 17.7. The topological polar surface area (TPSA) is 37.0 Å². The predicted octanol–water partition coefficient (Wildman–Crippen LogP) is 8.29. The van der Waals surface area contributed by atoms with Crippen LogP contribution in [0.15, 0.2) is 54.6 Å². The van der Waals surface area contributed by atoms with Gasteiger partial charge in [-0.2, -0.15) is 0 Å². The summed E-state index contributed by atoms with van der Waals surface area (Å²) >= 11 is 0. The summed E-state index contributed by atoms with van der Waals surface area (Å²) in [4.78, 5) is 5.05. The van der Waals surface area contributed by atoms with Crippen molar-refractivity contribution in [3.05, 3.63) is 88.2 Å². The highest BCUT2D eigenvalue weighted by atomic mass is 15.0. The number of benzene rings is 2. The molecule has 0 aliphatic heterocycles. The minimum Gasteiger partial charge on any atom is -0.377 e. The molecule has 0 aliphatic rings. The van der Waals surface area contributed by atoms with E-state index in [-0.39, 0.29) is 12.1 Å². The molecule has 3 nitrogen and oxygen atoms in total. The molecule has 0 fully saturated rings. The third-order valence-electron chi connectivity index (χ3n) is 6.26. The van der Waals surface area contributed by atoms with Gasteiger partial charge in [0.2, 0.25) is 0 Å². The standard InChI is InChI=1S/C29H39N3/c1-18(2)24-14-10-15-25(19(3)4)29(24)31-23(8)27-17-11-16-26(32-27)22(7)30-28-20(5)12-9-13-21(28)6/h9-19,22-23,30-31H,1-8H3. The van der Waals surface area contributed by atoms with Crippen molar-refractivity contribution in [2.45, 2.75) is 79.3 Å². The van der Waals surface area contributed by atoms with Gasteiger partial charge in [-0.25, -0.2) is 0 Å². The van der Waals surface area contributed by atoms with E-state index in [0.29, 0.717) is 11.8 Å². The van der Waals surface area contributed by atoms with Crippen LogP contribution in [0.1, 0.15) is 99.1 Å². The highest BCUT2D eigenvalue weighted by Crippen LogP contribution is 2.35. The van der Waals surface area contributed by atoms with Crippen molar-refractivity contribution < 1.29 is 0 Å². The van der Waals surface area contributed by atoms with Crippen molar-refractivity contribution in [3.8, 4) is 0 Å². The molecule has 2 unspecified atom stereocenters. The number of nitrogens with one attached hydrogen (secondary N) is 2. The molecule has 0 amide bonds. The van der Waals surface area contributed by atoms with Gasteiger partial charge in [-0.15, -0.1) is 0 Å². The molecular weight excluding hydrogens is 390 g/mol. The maximum absolute atomic E-state index is 5.05. The van der Waals surface area contributed by atoms with Crippen LogP contribution >= 0.6 is 0 Å². The van der Waals surface area contributed by atoms with Crippen LogP contribution < -0.4 is 10.6 Å². The van der Waals surface area contributed by atoms with Gasteiger partial charge in [-0.1, -0.05) is 70.2 Å². The van der Waals surface area contributed by atoms with Gasteiger partial charge < -0.3 is 10.6 Å². The third-order valence-corrected chi connectivity index (χ3v) is 6.26. The first-order valence-corrected chi connectivity index (χ1v) is 11.9. The summed E-state index contributed by atoms with van der Waals surface area (Å²) < 4.78 is 0. The minimum absolute atomic E-state index is 0.111. The Hall–Kier alpha value is -2.81. The Morgan fingerprint density at radius 3 is 1.44 bits per heavy atom. The van der Waals surface area contributed by atoms with Crippen LogP contribution in [0.4, 0.5) is 11.4 Å². The number of aryl methyl sites for hydroxylation is 2. The molecule has 0 spiro atoms. The van der Waals surface area contributed by atoms with Gasteiger partial charge in [0.05, 0.1) is 23.5 Å². The van der Waals surface area contributed by atoms with Gasteiger partial charge in [0.1, 0.15) is 0 Å². The van der Waals surface area contributed by atoms with Gasteiger partial charge in [-0.3, -0.25) is 4.98 Å². The molecule has 1 aromatic heterocycles. The van der Waals surface area contributed by atoms with Crippen molar-refractivity contribution in [2.75, 3.05) is 10.6 Å². The zero-order chi connectivity index (χ0) is 23.4. The average Bonchev–Trinajstić information content (AvgIpc) is 2.76. The number of pyridine rings is 1. The molecule has 2 N–H and O–H groups in total. The van der Waals surface area contributed by atoms with Gasteiger partial charge in [0.15, 0.2) is 0 Å². The Morgan fingerprint density at radius 2 is 0.969 bits per heavy atom. The highest BCUT2D eigenvalue weighted by Gasteiger charge is 2.18. The summed E-state index contributed by atoms with van der Waals surface area (Å²) in [7, 11) is 0. The SMILES string of the molecule is Cc1cccc(C)c1NC(C)c1cccc(C(C)Nc2c(C(C)C)cccc2C(C)C)n1. The average molecular weight is 430 g/mol. The van der Waals surface area contributed by atoms with Crippen molar-refractivity contribution in [1.29, 1.82) is 0 Å². The van der Waals surface area contributed by atoms with E-state index in [2.05, 4.69) is 121 Å². The molecule has 2 atom stereocenters. The van der Waals surface area contributed by atoms with E-state index >= 15 is 0 Å². The Balaban J connectivity index is 1.86. The molecule has 3 heteroatoms. The summed E-state index contributed by atoms with van der Waals surface area (Å²) in [5.74, 6) is 0.925. The molecule has 0 aliphatic carbocycles. The van der Waals surface area contributed by atoms with E-state index in [1.165, 1.54) is 33.6 Å². The number of rotatable bonds is 8. The number of aromatic nitrogens is 1. The Morgan fingerprint density at radius 1 is 0.562 bits per heavy atom. The minimum atomic E-state index is 0.111. The van der Waals surface area contributed by atoms with Crippen LogP contribution in [0.3, 0.4) is 0 Å². The van der Waals surface area contributed by atoms with Crippen LogP contribution in [-0.2, 0) is 0 Å². The van der Waals surface area contributed by atoms with E-state index < -0.39 is 0 Å². The first-order chi connectivity index (χ1) is 15.2. The van der Waals surface area contributed by atoms with Gasteiger partial charge >= 0.3 is 0 Å². The molecule has 170 valence electrons. The normalized spacial score (nSPS) is 13.3. The maximum Gasteiger partial charge on any atom is 0.0657 e. The van der Waals surface area contributed by atoms with Crippen molar-refractivity contribution >= 4 is 11.4 Å². The summed E-state index contributed by atoms with van der Waals surface area (Å²) in [5, 5.41) is 7.48. The van der Waals surface area contributed by atoms with Crippen LogP contribution in [0, 0.1) is 13.8 Å². The zero-order valence-corrected chi connectivity index (χ0v) is 21.0. The second-order valence-electron chi connectivity index (χ2n) is 9.61. The fourth-order valence-electron chi connectivity index (χ4n) is 4.29. The Kier molecular flexibility index (Phi) is 7.60. The lowest BCUT2D eigenvalue weighted by Crippen LogP contribution is -2.15. The summed E-state index contributed by atoms with van der Waals surface area (Å²) in [6, 6.07) is 19.7. The van der Waals surface area contributed by atoms with Crippen LogP contribution in [0.25, 0.3) is 0 Å². The van der Waals surface area contributed by atoms with E-state index in [1.54, 1.807) is 0 Å². The molecule has 3 aromatic rings. The van der Waals surface area contributed by atoms with E-state index in [1.807, 2.05) is 0 Å². The number of nitrogens with zero attached hydrogens (tertiary/aromatic N) is 1. The van der Waals surface area contributed by atoms with Crippen LogP contribution in [0.2, 0.25) is 0 Å². The van der Waals surface area contributed by atoms with E-state index in [9.17, 15) is 0 Å². The summed E-state index contributed by atoms with van der Waals surface area (Å²) in [6.07, 6.45) is 0. The van der Waals surface area contributed by atoms with Crippen molar-refractivity contribution in [2.24, 2.45) is 0 Å². The monoisotopic (exact) mass is 429 g/mol. The van der Waals surface area contributed by atoms with Gasteiger partial charge in [-0.05, 0) is 73.9 Å². The van der Waals surface area contributed by atoms with Crippen LogP contribution in [0.5, 0.6) is 0 Å². The fourth-order valence-corrected chi connectivity index (χ4v) is 4.29. The first kappa shape index (κ1) is 23.8. The van der Waals surface area contributed by atoms with Gasteiger partial charge in [0.25, 0.3) is 0 Å². The van der Waals surface area contributed by atoms with Crippen molar-refractivity contribution in [1.82, 2.24) is 4.98 Å². The molecule has 2 aromatic carbocycles. The second kappa shape index (κ2) is 10.2. The van der Waals surface area contributed by atoms with Gasteiger partial charge in [0, 0.05) is 11.4 Å². The lowest BCUT2D eigenvalue weighted by Gasteiger charge is -2.25. The number of hydrogen-bond donors (Lipinski definition) is 2. The highest BCUT2D eigenvalue weighted by molar-refractivity contribution is 5.61. The lowest BCUT2D eigenvalue weighted by atomic mass is 9.92. The molecule has 32 heavy (non-hydrogen) atoms. The molecule has 3 rings (SSSR count). The lowest BCUT2D eigenvalue weighted by molar-refractivity contribution is 0.768. The number of hydrogen-bond acceptors (Lipinski definition) is 3. The number of para-hydroxylation sites is 2. The molecule has 0 radical (unpaired) electrons. The summed E-state index contributed by atoms with van der Waals surface area (Å²) in [5.41, 5.74) is 9.83. The fraction of sp³-hybridized carbons (Fsp3) is 0.414. The maximum atomic E-state index is 5.05.